The van der Waals surface area contributed by atoms with E-state index in [0.29, 0.717) is 54.6 Å². The highest BCUT2D eigenvalue weighted by Crippen LogP contribution is 2.27. The second-order valence-corrected chi connectivity index (χ2v) is 7.97. The van der Waals surface area contributed by atoms with Crippen molar-refractivity contribution in [2.75, 3.05) is 45.3 Å². The summed E-state index contributed by atoms with van der Waals surface area (Å²) in [6.07, 6.45) is 0. The standard InChI is InChI=1S/C25H27FN4O3/c1-16-17(2)27-23(18-6-5-7-20(26)12-18)28-24(16)29-8-10-30(11-9-29)25(31)19-13-21(32-3)15-22(14-19)33-4/h5-7,12-15H,8-11H2,1-4H3. The van der Waals surface area contributed by atoms with E-state index in [1.165, 1.54) is 12.1 Å². The van der Waals surface area contributed by atoms with Crippen LogP contribution in [0.15, 0.2) is 42.5 Å². The fourth-order valence-corrected chi connectivity index (χ4v) is 3.91. The molecule has 0 spiro atoms. The van der Waals surface area contributed by atoms with Gasteiger partial charge in [-0.2, -0.15) is 0 Å². The quantitative estimate of drug-likeness (QED) is 0.588. The third-order valence-electron chi connectivity index (χ3n) is 5.91. The minimum absolute atomic E-state index is 0.0668. The average molecular weight is 451 g/mol. The number of halogens is 1. The lowest BCUT2D eigenvalue weighted by Gasteiger charge is -2.36. The van der Waals surface area contributed by atoms with Gasteiger partial charge < -0.3 is 19.3 Å². The van der Waals surface area contributed by atoms with E-state index in [-0.39, 0.29) is 11.7 Å². The Morgan fingerprint density at radius 1 is 0.939 bits per heavy atom. The number of hydrogen-bond donors (Lipinski definition) is 0. The molecule has 4 rings (SSSR count). The molecule has 1 aliphatic rings. The molecule has 0 aliphatic carbocycles. The first-order valence-corrected chi connectivity index (χ1v) is 10.8. The molecule has 0 atom stereocenters. The minimum Gasteiger partial charge on any atom is -0.497 e. The zero-order valence-corrected chi connectivity index (χ0v) is 19.3. The third kappa shape index (κ3) is 4.74. The number of carbonyl (C=O) groups excluding carboxylic acids is 1. The Labute approximate surface area is 192 Å². The van der Waals surface area contributed by atoms with Crippen LogP contribution >= 0.6 is 0 Å². The smallest absolute Gasteiger partial charge is 0.254 e. The SMILES string of the molecule is COc1cc(OC)cc(C(=O)N2CCN(c3nc(-c4cccc(F)c4)nc(C)c3C)CC2)c1. The first-order valence-electron chi connectivity index (χ1n) is 10.8. The molecule has 1 fully saturated rings. The van der Waals surface area contributed by atoms with Crippen molar-refractivity contribution in [3.8, 4) is 22.9 Å². The van der Waals surface area contributed by atoms with E-state index < -0.39 is 0 Å². The number of nitrogens with zero attached hydrogens (tertiary/aromatic N) is 4. The van der Waals surface area contributed by atoms with Crippen LogP contribution in [0.25, 0.3) is 11.4 Å². The number of aryl methyl sites for hydroxylation is 1. The average Bonchev–Trinajstić information content (AvgIpc) is 2.85. The fourth-order valence-electron chi connectivity index (χ4n) is 3.91. The number of rotatable bonds is 5. The number of anilines is 1. The lowest BCUT2D eigenvalue weighted by molar-refractivity contribution is 0.0745. The molecule has 172 valence electrons. The van der Waals surface area contributed by atoms with E-state index in [1.807, 2.05) is 18.7 Å². The molecule has 1 saturated heterocycles. The topological polar surface area (TPSA) is 67.8 Å². The summed E-state index contributed by atoms with van der Waals surface area (Å²) in [6.45, 7) is 6.28. The second kappa shape index (κ2) is 9.44. The van der Waals surface area contributed by atoms with Gasteiger partial charge in [-0.15, -0.1) is 0 Å². The molecule has 0 saturated carbocycles. The number of amides is 1. The summed E-state index contributed by atoms with van der Waals surface area (Å²) < 4.78 is 24.3. The molecule has 7 nitrogen and oxygen atoms in total. The number of aromatic nitrogens is 2. The maximum absolute atomic E-state index is 13.7. The number of hydrogen-bond acceptors (Lipinski definition) is 6. The molecule has 8 heteroatoms. The number of methoxy groups -OCH3 is 2. The van der Waals surface area contributed by atoms with Crippen LogP contribution in [0.5, 0.6) is 11.5 Å². The van der Waals surface area contributed by atoms with Crippen LogP contribution in [0.2, 0.25) is 0 Å². The Balaban J connectivity index is 1.53. The summed E-state index contributed by atoms with van der Waals surface area (Å²) in [4.78, 5) is 26.4. The minimum atomic E-state index is -0.322. The van der Waals surface area contributed by atoms with Gasteiger partial charge in [-0.05, 0) is 38.1 Å². The predicted octanol–water partition coefficient (Wildman–Crippen LogP) is 3.88. The van der Waals surface area contributed by atoms with E-state index in [4.69, 9.17) is 14.5 Å². The molecule has 2 heterocycles. The van der Waals surface area contributed by atoms with Crippen molar-refractivity contribution in [3.05, 3.63) is 65.1 Å². The van der Waals surface area contributed by atoms with E-state index in [2.05, 4.69) is 9.88 Å². The summed E-state index contributed by atoms with van der Waals surface area (Å²) in [5.74, 6) is 2.08. The molecule has 1 amide bonds. The maximum atomic E-state index is 13.7. The molecule has 1 aromatic heterocycles. The van der Waals surface area contributed by atoms with Gasteiger partial charge in [0.25, 0.3) is 5.91 Å². The van der Waals surface area contributed by atoms with Crippen LogP contribution in [0.3, 0.4) is 0 Å². The zero-order chi connectivity index (χ0) is 23.5. The van der Waals surface area contributed by atoms with Crippen LogP contribution in [0.4, 0.5) is 10.2 Å². The van der Waals surface area contributed by atoms with Crippen molar-refractivity contribution in [2.45, 2.75) is 13.8 Å². The zero-order valence-electron chi connectivity index (χ0n) is 19.3. The Kier molecular flexibility index (Phi) is 6.44. The van der Waals surface area contributed by atoms with Gasteiger partial charge in [-0.3, -0.25) is 4.79 Å². The molecule has 0 bridgehead atoms. The number of carbonyl (C=O) groups is 1. The number of ether oxygens (including phenoxy) is 2. The molecule has 0 unspecified atom stereocenters. The Hall–Kier alpha value is -3.68. The summed E-state index contributed by atoms with van der Waals surface area (Å²) in [5, 5.41) is 0. The van der Waals surface area contributed by atoms with Crippen molar-refractivity contribution in [2.24, 2.45) is 0 Å². The first kappa shape index (κ1) is 22.5. The van der Waals surface area contributed by atoms with Gasteiger partial charge in [0, 0.05) is 54.6 Å². The van der Waals surface area contributed by atoms with Gasteiger partial charge in [0.15, 0.2) is 5.82 Å². The maximum Gasteiger partial charge on any atom is 0.254 e. The molecular weight excluding hydrogens is 423 g/mol. The number of benzene rings is 2. The molecule has 3 aromatic rings. The van der Waals surface area contributed by atoms with Crippen LogP contribution in [0.1, 0.15) is 21.6 Å². The highest BCUT2D eigenvalue weighted by Gasteiger charge is 2.25. The van der Waals surface area contributed by atoms with Crippen LogP contribution in [-0.2, 0) is 0 Å². The van der Waals surface area contributed by atoms with Gasteiger partial charge in [0.2, 0.25) is 0 Å². The molecule has 2 aromatic carbocycles. The first-order chi connectivity index (χ1) is 15.9. The highest BCUT2D eigenvalue weighted by atomic mass is 19.1. The van der Waals surface area contributed by atoms with Crippen molar-refractivity contribution >= 4 is 11.7 Å². The largest absolute Gasteiger partial charge is 0.497 e. The normalized spacial score (nSPS) is 13.7. The lowest BCUT2D eigenvalue weighted by Crippen LogP contribution is -2.49. The number of piperazine rings is 1. The van der Waals surface area contributed by atoms with Gasteiger partial charge in [0.1, 0.15) is 23.1 Å². The monoisotopic (exact) mass is 450 g/mol. The molecule has 0 radical (unpaired) electrons. The Morgan fingerprint density at radius 2 is 1.61 bits per heavy atom. The summed E-state index contributed by atoms with van der Waals surface area (Å²) in [5.41, 5.74) is 3.00. The van der Waals surface area contributed by atoms with Gasteiger partial charge in [-0.25, -0.2) is 14.4 Å². The summed E-state index contributed by atoms with van der Waals surface area (Å²) in [6, 6.07) is 11.5. The van der Waals surface area contributed by atoms with Gasteiger partial charge >= 0.3 is 0 Å². The van der Waals surface area contributed by atoms with Crippen LogP contribution in [0, 0.1) is 19.7 Å². The Morgan fingerprint density at radius 3 is 2.21 bits per heavy atom. The lowest BCUT2D eigenvalue weighted by atomic mass is 10.1. The van der Waals surface area contributed by atoms with E-state index in [0.717, 1.165) is 17.1 Å². The van der Waals surface area contributed by atoms with Crippen LogP contribution < -0.4 is 14.4 Å². The summed E-state index contributed by atoms with van der Waals surface area (Å²) >= 11 is 0. The molecular formula is C25H27FN4O3. The molecule has 33 heavy (non-hydrogen) atoms. The molecule has 0 N–H and O–H groups in total. The van der Waals surface area contributed by atoms with Gasteiger partial charge in [0.05, 0.1) is 14.2 Å². The van der Waals surface area contributed by atoms with E-state index in [9.17, 15) is 9.18 Å². The van der Waals surface area contributed by atoms with Crippen LogP contribution in [-0.4, -0.2) is 61.2 Å². The highest BCUT2D eigenvalue weighted by molar-refractivity contribution is 5.95. The third-order valence-corrected chi connectivity index (χ3v) is 5.91. The predicted molar refractivity (Wildman–Crippen MR) is 125 cm³/mol. The Bertz CT molecular complexity index is 1150. The van der Waals surface area contributed by atoms with Crippen molar-refractivity contribution in [3.63, 3.8) is 0 Å². The second-order valence-electron chi connectivity index (χ2n) is 7.97. The van der Waals surface area contributed by atoms with Crippen molar-refractivity contribution in [1.29, 1.82) is 0 Å². The molecule has 1 aliphatic heterocycles. The van der Waals surface area contributed by atoms with Gasteiger partial charge in [-0.1, -0.05) is 12.1 Å². The van der Waals surface area contributed by atoms with E-state index in [1.54, 1.807) is 44.6 Å². The fraction of sp³-hybridized carbons (Fsp3) is 0.320. The van der Waals surface area contributed by atoms with E-state index >= 15 is 0 Å². The van der Waals surface area contributed by atoms with Crippen molar-refractivity contribution in [1.82, 2.24) is 14.9 Å². The summed E-state index contributed by atoms with van der Waals surface area (Å²) in [7, 11) is 3.12. The van der Waals surface area contributed by atoms with Crippen molar-refractivity contribution < 1.29 is 18.7 Å².